The quantitative estimate of drug-likeness (QED) is 0.254. The minimum Gasteiger partial charge on any atom is -0.447 e. The molecular weight excluding hydrogens is 408 g/mol. The first-order valence-electron chi connectivity index (χ1n) is 10.7. The van der Waals surface area contributed by atoms with Gasteiger partial charge in [0.1, 0.15) is 5.75 Å². The summed E-state index contributed by atoms with van der Waals surface area (Å²) >= 11 is 1.60. The van der Waals surface area contributed by atoms with Crippen LogP contribution in [0, 0.1) is 0 Å². The molecule has 0 atom stereocenters. The zero-order valence-corrected chi connectivity index (χ0v) is 18.2. The Labute approximate surface area is 191 Å². The summed E-state index contributed by atoms with van der Waals surface area (Å²) < 4.78 is 5.99. The molecule has 0 saturated heterocycles. The van der Waals surface area contributed by atoms with Crippen molar-refractivity contribution in [3.63, 3.8) is 0 Å². The van der Waals surface area contributed by atoms with Crippen LogP contribution in [0.4, 0.5) is 0 Å². The molecule has 6 rings (SSSR count). The van der Waals surface area contributed by atoms with Gasteiger partial charge in [0.2, 0.25) is 0 Å². The summed E-state index contributed by atoms with van der Waals surface area (Å²) in [5, 5.41) is 7.95. The molecule has 0 fully saturated rings. The second-order valence-corrected chi connectivity index (χ2v) is 8.74. The van der Waals surface area contributed by atoms with Gasteiger partial charge in [0.25, 0.3) is 0 Å². The van der Waals surface area contributed by atoms with E-state index in [9.17, 15) is 0 Å². The fourth-order valence-corrected chi connectivity index (χ4v) is 4.90. The Bertz CT molecular complexity index is 1520. The Hall–Kier alpha value is -3.88. The average molecular weight is 429 g/mol. The fraction of sp³-hybridized carbons (Fsp3) is 0. The number of benzene rings is 5. The highest BCUT2D eigenvalue weighted by Crippen LogP contribution is 2.40. The molecule has 0 saturated carbocycles. The number of hydrogen-bond acceptors (Lipinski definition) is 2. The SMILES string of the molecule is c1ccc(-c2ccc3cc4ccccc4cc3c2-c2ccc(Oc3cccs3)cc2)cc1. The minimum atomic E-state index is 0.850. The maximum atomic E-state index is 5.99. The molecule has 0 aliphatic heterocycles. The molecule has 0 unspecified atom stereocenters. The number of hydrogen-bond donors (Lipinski definition) is 0. The van der Waals surface area contributed by atoms with Crippen molar-refractivity contribution in [3.05, 3.63) is 121 Å². The molecule has 1 aromatic heterocycles. The van der Waals surface area contributed by atoms with Gasteiger partial charge in [-0.3, -0.25) is 0 Å². The van der Waals surface area contributed by atoms with Crippen LogP contribution in [-0.4, -0.2) is 0 Å². The van der Waals surface area contributed by atoms with Crippen molar-refractivity contribution < 1.29 is 4.74 Å². The van der Waals surface area contributed by atoms with E-state index in [0.717, 1.165) is 10.8 Å². The minimum absolute atomic E-state index is 0.850. The lowest BCUT2D eigenvalue weighted by molar-refractivity contribution is 0.497. The lowest BCUT2D eigenvalue weighted by Gasteiger charge is -2.15. The molecule has 2 heteroatoms. The molecule has 0 amide bonds. The predicted molar refractivity (Wildman–Crippen MR) is 137 cm³/mol. The van der Waals surface area contributed by atoms with Crippen LogP contribution in [-0.2, 0) is 0 Å². The summed E-state index contributed by atoms with van der Waals surface area (Å²) in [6.45, 7) is 0. The van der Waals surface area contributed by atoms with Gasteiger partial charge in [0.05, 0.1) is 0 Å². The molecule has 0 bridgehead atoms. The monoisotopic (exact) mass is 428 g/mol. The molecule has 0 radical (unpaired) electrons. The highest BCUT2D eigenvalue weighted by Gasteiger charge is 2.13. The van der Waals surface area contributed by atoms with Crippen LogP contribution >= 0.6 is 11.3 Å². The van der Waals surface area contributed by atoms with Crippen molar-refractivity contribution in [3.8, 4) is 33.1 Å². The molecule has 0 aliphatic carbocycles. The Morgan fingerprint density at radius 1 is 0.531 bits per heavy atom. The fourth-order valence-electron chi connectivity index (χ4n) is 4.31. The predicted octanol–water partition coefficient (Wildman–Crippen LogP) is 9.18. The first kappa shape index (κ1) is 18.9. The van der Waals surface area contributed by atoms with Crippen LogP contribution in [0.5, 0.6) is 10.8 Å². The average Bonchev–Trinajstić information content (AvgIpc) is 3.36. The number of thiophene rings is 1. The Morgan fingerprint density at radius 3 is 2.03 bits per heavy atom. The van der Waals surface area contributed by atoms with E-state index in [1.54, 1.807) is 11.3 Å². The molecular formula is C30H20OS. The lowest BCUT2D eigenvalue weighted by atomic mass is 9.88. The Morgan fingerprint density at radius 2 is 1.28 bits per heavy atom. The zero-order chi connectivity index (χ0) is 21.3. The normalized spacial score (nSPS) is 11.1. The van der Waals surface area contributed by atoms with E-state index in [2.05, 4.69) is 103 Å². The van der Waals surface area contributed by atoms with Gasteiger partial charge in [-0.1, -0.05) is 78.9 Å². The molecule has 32 heavy (non-hydrogen) atoms. The zero-order valence-electron chi connectivity index (χ0n) is 17.4. The Kier molecular flexibility index (Phi) is 4.71. The van der Waals surface area contributed by atoms with E-state index in [1.807, 2.05) is 17.5 Å². The summed E-state index contributed by atoms with van der Waals surface area (Å²) in [5.74, 6) is 0.850. The van der Waals surface area contributed by atoms with Gasteiger partial charge in [-0.15, -0.1) is 11.3 Å². The highest BCUT2D eigenvalue weighted by molar-refractivity contribution is 7.11. The smallest absolute Gasteiger partial charge is 0.180 e. The van der Waals surface area contributed by atoms with Crippen LogP contribution in [0.2, 0.25) is 0 Å². The number of ether oxygens (including phenoxy) is 1. The molecule has 5 aromatic carbocycles. The third kappa shape index (κ3) is 3.45. The number of rotatable bonds is 4. The largest absolute Gasteiger partial charge is 0.447 e. The summed E-state index contributed by atoms with van der Waals surface area (Å²) in [6.07, 6.45) is 0. The van der Waals surface area contributed by atoms with Gasteiger partial charge in [-0.2, -0.15) is 0 Å². The van der Waals surface area contributed by atoms with Gasteiger partial charge >= 0.3 is 0 Å². The van der Waals surface area contributed by atoms with Crippen LogP contribution in [0.15, 0.2) is 121 Å². The van der Waals surface area contributed by atoms with Gasteiger partial charge < -0.3 is 4.74 Å². The van der Waals surface area contributed by atoms with Crippen molar-refractivity contribution >= 4 is 32.9 Å². The molecule has 0 spiro atoms. The van der Waals surface area contributed by atoms with Crippen LogP contribution in [0.3, 0.4) is 0 Å². The maximum Gasteiger partial charge on any atom is 0.180 e. The first-order valence-corrected chi connectivity index (χ1v) is 11.6. The summed E-state index contributed by atoms with van der Waals surface area (Å²) in [6, 6.07) is 40.7. The highest BCUT2D eigenvalue weighted by atomic mass is 32.1. The summed E-state index contributed by atoms with van der Waals surface area (Å²) in [5.41, 5.74) is 4.89. The van der Waals surface area contributed by atoms with E-state index in [4.69, 9.17) is 4.74 Å². The lowest BCUT2D eigenvalue weighted by Crippen LogP contribution is -1.89. The van der Waals surface area contributed by atoms with Crippen molar-refractivity contribution in [1.29, 1.82) is 0 Å². The van der Waals surface area contributed by atoms with Gasteiger partial charge in [-0.05, 0) is 85.6 Å². The van der Waals surface area contributed by atoms with E-state index >= 15 is 0 Å². The van der Waals surface area contributed by atoms with Crippen molar-refractivity contribution in [1.82, 2.24) is 0 Å². The first-order chi connectivity index (χ1) is 15.8. The topological polar surface area (TPSA) is 9.23 Å². The maximum absolute atomic E-state index is 5.99. The second-order valence-electron chi connectivity index (χ2n) is 7.83. The van der Waals surface area contributed by atoms with Gasteiger partial charge in [0, 0.05) is 0 Å². The molecule has 0 N–H and O–H groups in total. The van der Waals surface area contributed by atoms with Crippen LogP contribution in [0.25, 0.3) is 43.8 Å². The third-order valence-corrected chi connectivity index (χ3v) is 6.57. The van der Waals surface area contributed by atoms with Crippen molar-refractivity contribution in [2.24, 2.45) is 0 Å². The van der Waals surface area contributed by atoms with Gasteiger partial charge in [0.15, 0.2) is 5.06 Å². The number of fused-ring (bicyclic) bond motifs is 2. The van der Waals surface area contributed by atoms with Gasteiger partial charge in [-0.25, -0.2) is 0 Å². The van der Waals surface area contributed by atoms with E-state index in [0.29, 0.717) is 0 Å². The molecule has 1 nitrogen and oxygen atoms in total. The Balaban J connectivity index is 1.56. The second kappa shape index (κ2) is 7.99. The van der Waals surface area contributed by atoms with E-state index in [-0.39, 0.29) is 0 Å². The van der Waals surface area contributed by atoms with Crippen LogP contribution < -0.4 is 4.74 Å². The standard InChI is InChI=1S/C30H20OS/c1-2-7-21(8-3-1)27-17-14-25-19-23-9-4-5-10-24(23)20-28(25)30(27)22-12-15-26(16-13-22)31-29-11-6-18-32-29/h1-20H. The molecule has 152 valence electrons. The van der Waals surface area contributed by atoms with Crippen LogP contribution in [0.1, 0.15) is 0 Å². The molecule has 0 aliphatic rings. The molecule has 1 heterocycles. The van der Waals surface area contributed by atoms with E-state index < -0.39 is 0 Å². The summed E-state index contributed by atoms with van der Waals surface area (Å²) in [7, 11) is 0. The summed E-state index contributed by atoms with van der Waals surface area (Å²) in [4.78, 5) is 0. The van der Waals surface area contributed by atoms with E-state index in [1.165, 1.54) is 43.8 Å². The van der Waals surface area contributed by atoms with Crippen molar-refractivity contribution in [2.75, 3.05) is 0 Å². The molecule has 6 aromatic rings. The third-order valence-electron chi connectivity index (χ3n) is 5.83. The van der Waals surface area contributed by atoms with Crippen molar-refractivity contribution in [2.45, 2.75) is 0 Å².